The van der Waals surface area contributed by atoms with Crippen molar-refractivity contribution in [3.63, 3.8) is 0 Å². The molecule has 1 N–H and O–H groups in total. The number of nitrogens with zero attached hydrogens (tertiary/aromatic N) is 3. The first kappa shape index (κ1) is 7.93. The Bertz CT molecular complexity index is 412. The fourth-order valence-electron chi connectivity index (χ4n) is 0.985. The van der Waals surface area contributed by atoms with Crippen LogP contribution in [0.5, 0.6) is 0 Å². The van der Waals surface area contributed by atoms with Crippen LogP contribution in [-0.4, -0.2) is 19.7 Å². The van der Waals surface area contributed by atoms with Crippen LogP contribution in [0, 0.1) is 3.57 Å². The Balaban J connectivity index is 2.74. The molecule has 0 aromatic carbocycles. The molecule has 12 heavy (non-hydrogen) atoms. The summed E-state index contributed by atoms with van der Waals surface area (Å²) in [5, 5.41) is 12.8. The number of aliphatic hydroxyl groups is 1. The second-order valence-electron chi connectivity index (χ2n) is 2.31. The molecule has 2 aromatic rings. The van der Waals surface area contributed by atoms with E-state index in [0.29, 0.717) is 5.82 Å². The molecule has 2 heterocycles. The van der Waals surface area contributed by atoms with Gasteiger partial charge in [0.15, 0.2) is 11.5 Å². The Morgan fingerprint density at radius 2 is 2.42 bits per heavy atom. The summed E-state index contributed by atoms with van der Waals surface area (Å²) in [7, 11) is 0. The third kappa shape index (κ3) is 1.18. The van der Waals surface area contributed by atoms with Crippen molar-refractivity contribution in [2.75, 3.05) is 0 Å². The van der Waals surface area contributed by atoms with Gasteiger partial charge in [-0.05, 0) is 34.7 Å². The zero-order valence-electron chi connectivity index (χ0n) is 6.11. The van der Waals surface area contributed by atoms with E-state index in [-0.39, 0.29) is 6.61 Å². The number of fused-ring (bicyclic) bond motifs is 1. The van der Waals surface area contributed by atoms with Gasteiger partial charge >= 0.3 is 0 Å². The maximum atomic E-state index is 8.79. The van der Waals surface area contributed by atoms with Crippen LogP contribution in [0.2, 0.25) is 0 Å². The minimum Gasteiger partial charge on any atom is -0.388 e. The van der Waals surface area contributed by atoms with Gasteiger partial charge in [0.25, 0.3) is 0 Å². The van der Waals surface area contributed by atoms with E-state index in [1.807, 2.05) is 18.3 Å². The number of halogens is 1. The molecule has 0 unspecified atom stereocenters. The first-order valence-corrected chi connectivity index (χ1v) is 4.50. The molecule has 5 heteroatoms. The van der Waals surface area contributed by atoms with Crippen molar-refractivity contribution in [2.45, 2.75) is 6.61 Å². The van der Waals surface area contributed by atoms with Crippen molar-refractivity contribution < 1.29 is 5.11 Å². The van der Waals surface area contributed by atoms with Crippen LogP contribution in [0.3, 0.4) is 0 Å². The third-order valence-corrected chi connectivity index (χ3v) is 2.34. The van der Waals surface area contributed by atoms with E-state index in [2.05, 4.69) is 32.7 Å². The number of hydrogen-bond acceptors (Lipinski definition) is 3. The van der Waals surface area contributed by atoms with Gasteiger partial charge in [-0.3, -0.25) is 0 Å². The molecular formula is C7H6IN3O. The molecule has 0 fully saturated rings. The highest BCUT2D eigenvalue weighted by Crippen LogP contribution is 2.10. The standard InChI is InChI=1S/C7H6IN3O/c8-5-2-1-3-11-7(5)9-6(4-12)10-11/h1-3,12H,4H2. The molecule has 62 valence electrons. The number of aromatic nitrogens is 3. The number of pyridine rings is 1. The second-order valence-corrected chi connectivity index (χ2v) is 3.47. The molecule has 0 saturated heterocycles. The van der Waals surface area contributed by atoms with Gasteiger partial charge in [0.1, 0.15) is 6.61 Å². The van der Waals surface area contributed by atoms with Crippen molar-refractivity contribution in [1.82, 2.24) is 14.6 Å². The lowest BCUT2D eigenvalue weighted by Gasteiger charge is -1.90. The average Bonchev–Trinajstić information content (AvgIpc) is 2.49. The predicted molar refractivity (Wildman–Crippen MR) is 51.6 cm³/mol. The predicted octanol–water partition coefficient (Wildman–Crippen LogP) is 0.826. The average molecular weight is 275 g/mol. The molecule has 0 atom stereocenters. The van der Waals surface area contributed by atoms with Gasteiger partial charge in [-0.15, -0.1) is 5.10 Å². The number of hydrogen-bond donors (Lipinski definition) is 1. The van der Waals surface area contributed by atoms with E-state index in [1.165, 1.54) is 0 Å². The normalized spacial score (nSPS) is 10.8. The summed E-state index contributed by atoms with van der Waals surface area (Å²) in [6.45, 7) is -0.113. The van der Waals surface area contributed by atoms with Gasteiger partial charge in [-0.25, -0.2) is 9.50 Å². The highest BCUT2D eigenvalue weighted by Gasteiger charge is 2.03. The fraction of sp³-hybridized carbons (Fsp3) is 0.143. The van der Waals surface area contributed by atoms with E-state index >= 15 is 0 Å². The van der Waals surface area contributed by atoms with Gasteiger partial charge in [0.05, 0.1) is 3.57 Å². The van der Waals surface area contributed by atoms with Crippen LogP contribution in [0.4, 0.5) is 0 Å². The van der Waals surface area contributed by atoms with Crippen molar-refractivity contribution in [2.24, 2.45) is 0 Å². The molecule has 0 amide bonds. The lowest BCUT2D eigenvalue weighted by molar-refractivity contribution is 0.271. The van der Waals surface area contributed by atoms with E-state index in [9.17, 15) is 0 Å². The van der Waals surface area contributed by atoms with Gasteiger partial charge in [-0.2, -0.15) is 0 Å². The Labute approximate surface area is 82.4 Å². The first-order chi connectivity index (χ1) is 5.81. The Morgan fingerprint density at radius 3 is 3.08 bits per heavy atom. The summed E-state index contributed by atoms with van der Waals surface area (Å²) in [5.41, 5.74) is 0.794. The Kier molecular flexibility index (Phi) is 1.97. The summed E-state index contributed by atoms with van der Waals surface area (Å²) in [6, 6.07) is 3.84. The summed E-state index contributed by atoms with van der Waals surface area (Å²) >= 11 is 2.18. The molecule has 0 aliphatic rings. The third-order valence-electron chi connectivity index (χ3n) is 1.50. The molecular weight excluding hydrogens is 269 g/mol. The maximum Gasteiger partial charge on any atom is 0.177 e. The Morgan fingerprint density at radius 1 is 1.58 bits per heavy atom. The monoisotopic (exact) mass is 275 g/mol. The zero-order chi connectivity index (χ0) is 8.55. The van der Waals surface area contributed by atoms with Crippen molar-refractivity contribution >= 4 is 28.2 Å². The maximum absolute atomic E-state index is 8.79. The van der Waals surface area contributed by atoms with Gasteiger partial charge in [0.2, 0.25) is 0 Å². The molecule has 0 saturated carbocycles. The highest BCUT2D eigenvalue weighted by atomic mass is 127. The number of rotatable bonds is 1. The van der Waals surface area contributed by atoms with E-state index in [4.69, 9.17) is 5.11 Å². The SMILES string of the molecule is OCc1nc2c(I)cccn2n1. The highest BCUT2D eigenvalue weighted by molar-refractivity contribution is 14.1. The summed E-state index contributed by atoms with van der Waals surface area (Å²) in [5.74, 6) is 0.458. The lowest BCUT2D eigenvalue weighted by Crippen LogP contribution is -1.88. The quantitative estimate of drug-likeness (QED) is 0.784. The van der Waals surface area contributed by atoms with Crippen LogP contribution in [0.15, 0.2) is 18.3 Å². The van der Waals surface area contributed by atoms with Crippen molar-refractivity contribution in [3.8, 4) is 0 Å². The Hall–Kier alpha value is -0.690. The summed E-state index contributed by atoms with van der Waals surface area (Å²) in [6.07, 6.45) is 1.81. The molecule has 4 nitrogen and oxygen atoms in total. The molecule has 2 aromatic heterocycles. The van der Waals surface area contributed by atoms with E-state index in [1.54, 1.807) is 4.52 Å². The van der Waals surface area contributed by atoms with Crippen LogP contribution in [0.25, 0.3) is 5.65 Å². The van der Waals surface area contributed by atoms with E-state index in [0.717, 1.165) is 9.22 Å². The molecule has 2 rings (SSSR count). The second kappa shape index (κ2) is 2.98. The van der Waals surface area contributed by atoms with Crippen LogP contribution >= 0.6 is 22.6 Å². The van der Waals surface area contributed by atoms with Crippen LogP contribution in [0.1, 0.15) is 5.82 Å². The zero-order valence-corrected chi connectivity index (χ0v) is 8.26. The molecule has 0 aliphatic heterocycles. The fourth-order valence-corrected chi connectivity index (χ4v) is 1.56. The van der Waals surface area contributed by atoms with Crippen molar-refractivity contribution in [1.29, 1.82) is 0 Å². The molecule has 0 bridgehead atoms. The topological polar surface area (TPSA) is 50.4 Å². The summed E-state index contributed by atoms with van der Waals surface area (Å²) < 4.78 is 2.69. The van der Waals surface area contributed by atoms with E-state index < -0.39 is 0 Å². The minimum atomic E-state index is -0.113. The minimum absolute atomic E-state index is 0.113. The molecule has 0 spiro atoms. The largest absolute Gasteiger partial charge is 0.388 e. The van der Waals surface area contributed by atoms with Crippen LogP contribution < -0.4 is 0 Å². The smallest absolute Gasteiger partial charge is 0.177 e. The summed E-state index contributed by atoms with van der Waals surface area (Å²) in [4.78, 5) is 4.13. The first-order valence-electron chi connectivity index (χ1n) is 3.42. The van der Waals surface area contributed by atoms with Gasteiger partial charge < -0.3 is 5.11 Å². The van der Waals surface area contributed by atoms with Crippen LogP contribution in [-0.2, 0) is 6.61 Å². The van der Waals surface area contributed by atoms with Crippen molar-refractivity contribution in [3.05, 3.63) is 27.7 Å². The van der Waals surface area contributed by atoms with Gasteiger partial charge in [0, 0.05) is 6.20 Å². The van der Waals surface area contributed by atoms with Gasteiger partial charge in [-0.1, -0.05) is 0 Å². The lowest BCUT2D eigenvalue weighted by atomic mass is 10.5. The number of aliphatic hydroxyl groups excluding tert-OH is 1. The molecule has 0 radical (unpaired) electrons. The molecule has 0 aliphatic carbocycles.